The zero-order valence-corrected chi connectivity index (χ0v) is 10.7. The van der Waals surface area contributed by atoms with Crippen molar-refractivity contribution >= 4 is 29.3 Å². The molecule has 1 saturated heterocycles. The predicted octanol–water partition coefficient (Wildman–Crippen LogP) is 2.42. The van der Waals surface area contributed by atoms with E-state index in [1.165, 1.54) is 23.1 Å². The molecule has 0 unspecified atom stereocenters. The molecule has 1 aliphatic rings. The third kappa shape index (κ3) is 3.14. The Morgan fingerprint density at radius 3 is 2.79 bits per heavy atom. The number of nitrogens with zero attached hydrogens (tertiary/aromatic N) is 1. The number of carboxylic acids is 1. The van der Waals surface area contributed by atoms with E-state index in [1.807, 2.05) is 0 Å². The van der Waals surface area contributed by atoms with Crippen molar-refractivity contribution in [3.8, 4) is 0 Å². The summed E-state index contributed by atoms with van der Waals surface area (Å²) in [5, 5.41) is 10.9. The number of aliphatic carboxylic acids is 1. The SMILES string of the molecule is O=C(O)CC1CN(C(=O)Nc2cccc(Cl)c2F)C1. The summed E-state index contributed by atoms with van der Waals surface area (Å²) in [4.78, 5) is 23.6. The van der Waals surface area contributed by atoms with Crippen LogP contribution in [-0.4, -0.2) is 35.1 Å². The molecule has 1 fully saturated rings. The van der Waals surface area contributed by atoms with E-state index in [0.717, 1.165) is 0 Å². The van der Waals surface area contributed by atoms with Crippen molar-refractivity contribution in [2.45, 2.75) is 6.42 Å². The Labute approximate surface area is 114 Å². The van der Waals surface area contributed by atoms with Gasteiger partial charge in [-0.2, -0.15) is 0 Å². The van der Waals surface area contributed by atoms with Crippen molar-refractivity contribution in [1.29, 1.82) is 0 Å². The lowest BCUT2D eigenvalue weighted by molar-refractivity contribution is -0.139. The molecule has 2 amide bonds. The normalized spacial score (nSPS) is 14.9. The molecule has 0 atom stereocenters. The Morgan fingerprint density at radius 1 is 1.47 bits per heavy atom. The first-order chi connectivity index (χ1) is 8.97. The van der Waals surface area contributed by atoms with Gasteiger partial charge in [0.15, 0.2) is 5.82 Å². The van der Waals surface area contributed by atoms with E-state index < -0.39 is 17.8 Å². The van der Waals surface area contributed by atoms with Crippen LogP contribution >= 0.6 is 11.6 Å². The molecule has 1 aromatic rings. The predicted molar refractivity (Wildman–Crippen MR) is 67.7 cm³/mol. The van der Waals surface area contributed by atoms with Crippen LogP contribution in [-0.2, 0) is 4.79 Å². The molecule has 7 heteroatoms. The second kappa shape index (κ2) is 5.44. The van der Waals surface area contributed by atoms with Crippen LogP contribution < -0.4 is 5.32 Å². The number of carbonyl (C=O) groups excluding carboxylic acids is 1. The minimum atomic E-state index is -0.883. The molecule has 5 nitrogen and oxygen atoms in total. The molecule has 102 valence electrons. The van der Waals surface area contributed by atoms with E-state index >= 15 is 0 Å². The molecule has 19 heavy (non-hydrogen) atoms. The fourth-order valence-electron chi connectivity index (χ4n) is 1.91. The molecule has 0 aromatic heterocycles. The lowest BCUT2D eigenvalue weighted by Gasteiger charge is -2.38. The molecule has 2 rings (SSSR count). The van der Waals surface area contributed by atoms with Gasteiger partial charge >= 0.3 is 12.0 Å². The fraction of sp³-hybridized carbons (Fsp3) is 0.333. The summed E-state index contributed by atoms with van der Waals surface area (Å²) in [5.74, 6) is -1.60. The first-order valence-corrected chi connectivity index (χ1v) is 6.07. The van der Waals surface area contributed by atoms with Crippen LogP contribution in [0.3, 0.4) is 0 Å². The molecular weight excluding hydrogens is 275 g/mol. The number of nitrogens with one attached hydrogen (secondary N) is 1. The van der Waals surface area contributed by atoms with Crippen LogP contribution in [0.1, 0.15) is 6.42 Å². The summed E-state index contributed by atoms with van der Waals surface area (Å²) in [6.45, 7) is 0.723. The minimum absolute atomic E-state index is 0.0131. The number of carbonyl (C=O) groups is 2. The average molecular weight is 287 g/mol. The highest BCUT2D eigenvalue weighted by Gasteiger charge is 2.32. The van der Waals surface area contributed by atoms with Gasteiger partial charge in [-0.15, -0.1) is 0 Å². The molecule has 0 bridgehead atoms. The lowest BCUT2D eigenvalue weighted by Crippen LogP contribution is -2.52. The van der Waals surface area contributed by atoms with Gasteiger partial charge < -0.3 is 15.3 Å². The van der Waals surface area contributed by atoms with Gasteiger partial charge in [0.05, 0.1) is 17.1 Å². The lowest BCUT2D eigenvalue weighted by atomic mass is 9.97. The van der Waals surface area contributed by atoms with Crippen molar-refractivity contribution < 1.29 is 19.1 Å². The summed E-state index contributed by atoms with van der Waals surface area (Å²) in [5.41, 5.74) is 0.0131. The number of carboxylic acid groups (broad SMARTS) is 1. The fourth-order valence-corrected chi connectivity index (χ4v) is 2.08. The number of hydrogen-bond donors (Lipinski definition) is 2. The zero-order chi connectivity index (χ0) is 14.0. The van der Waals surface area contributed by atoms with Gasteiger partial charge in [-0.25, -0.2) is 9.18 Å². The molecule has 0 saturated carbocycles. The largest absolute Gasteiger partial charge is 0.481 e. The third-order valence-corrected chi connectivity index (χ3v) is 3.19. The van der Waals surface area contributed by atoms with Crippen LogP contribution in [0, 0.1) is 11.7 Å². The van der Waals surface area contributed by atoms with Gasteiger partial charge in [0.25, 0.3) is 0 Å². The van der Waals surface area contributed by atoms with Gasteiger partial charge in [0.2, 0.25) is 0 Å². The summed E-state index contributed by atoms with van der Waals surface area (Å²) >= 11 is 5.60. The molecule has 1 aliphatic heterocycles. The Kier molecular flexibility index (Phi) is 3.90. The van der Waals surface area contributed by atoms with Crippen LogP contribution in [0.2, 0.25) is 5.02 Å². The standard InChI is InChI=1S/C12H12ClFN2O3/c13-8-2-1-3-9(11(8)14)15-12(19)16-5-7(6-16)4-10(17)18/h1-3,7H,4-6H2,(H,15,19)(H,17,18). The van der Waals surface area contributed by atoms with Crippen molar-refractivity contribution in [3.05, 3.63) is 29.0 Å². The maximum Gasteiger partial charge on any atom is 0.321 e. The van der Waals surface area contributed by atoms with Gasteiger partial charge in [0.1, 0.15) is 0 Å². The van der Waals surface area contributed by atoms with Crippen molar-refractivity contribution in [2.75, 3.05) is 18.4 Å². The highest BCUT2D eigenvalue weighted by molar-refractivity contribution is 6.31. The number of amides is 2. The average Bonchev–Trinajstić information content (AvgIpc) is 2.28. The summed E-state index contributed by atoms with van der Waals surface area (Å²) in [6, 6.07) is 3.87. The van der Waals surface area contributed by atoms with Crippen molar-refractivity contribution in [2.24, 2.45) is 5.92 Å². The highest BCUT2D eigenvalue weighted by atomic mass is 35.5. The highest BCUT2D eigenvalue weighted by Crippen LogP contribution is 2.24. The Balaban J connectivity index is 1.89. The number of halogens is 2. The molecule has 0 radical (unpaired) electrons. The zero-order valence-electron chi connectivity index (χ0n) is 9.90. The van der Waals surface area contributed by atoms with E-state index in [9.17, 15) is 14.0 Å². The van der Waals surface area contributed by atoms with Crippen molar-refractivity contribution in [3.63, 3.8) is 0 Å². The van der Waals surface area contributed by atoms with E-state index in [1.54, 1.807) is 0 Å². The van der Waals surface area contributed by atoms with Crippen LogP contribution in [0.25, 0.3) is 0 Å². The third-order valence-electron chi connectivity index (χ3n) is 2.90. The van der Waals surface area contributed by atoms with Crippen LogP contribution in [0.5, 0.6) is 0 Å². The monoisotopic (exact) mass is 286 g/mol. The smallest absolute Gasteiger partial charge is 0.321 e. The van der Waals surface area contributed by atoms with E-state index in [4.69, 9.17) is 16.7 Å². The second-order valence-corrected chi connectivity index (χ2v) is 4.81. The molecular formula is C12H12ClFN2O3. The van der Waals surface area contributed by atoms with Crippen LogP contribution in [0.4, 0.5) is 14.9 Å². The van der Waals surface area contributed by atoms with Crippen molar-refractivity contribution in [1.82, 2.24) is 4.90 Å². The molecule has 1 aromatic carbocycles. The second-order valence-electron chi connectivity index (χ2n) is 4.40. The number of urea groups is 1. The number of benzene rings is 1. The molecule has 2 N–H and O–H groups in total. The topological polar surface area (TPSA) is 69.6 Å². The van der Waals surface area contributed by atoms with Gasteiger partial charge in [-0.1, -0.05) is 17.7 Å². The van der Waals surface area contributed by atoms with E-state index in [2.05, 4.69) is 5.32 Å². The minimum Gasteiger partial charge on any atom is -0.481 e. The number of anilines is 1. The van der Waals surface area contributed by atoms with Crippen LogP contribution in [0.15, 0.2) is 18.2 Å². The number of likely N-dealkylation sites (tertiary alicyclic amines) is 1. The Bertz CT molecular complexity index is 518. The van der Waals surface area contributed by atoms with Gasteiger partial charge in [-0.3, -0.25) is 4.79 Å². The Morgan fingerprint density at radius 2 is 2.16 bits per heavy atom. The quantitative estimate of drug-likeness (QED) is 0.896. The van der Waals surface area contributed by atoms with Gasteiger partial charge in [0, 0.05) is 19.0 Å². The van der Waals surface area contributed by atoms with E-state index in [-0.39, 0.29) is 23.0 Å². The number of rotatable bonds is 3. The summed E-state index contributed by atoms with van der Waals surface area (Å²) < 4.78 is 13.6. The van der Waals surface area contributed by atoms with Gasteiger partial charge in [-0.05, 0) is 12.1 Å². The van der Waals surface area contributed by atoms with E-state index in [0.29, 0.717) is 13.1 Å². The molecule has 0 spiro atoms. The summed E-state index contributed by atoms with van der Waals surface area (Å²) in [7, 11) is 0. The number of hydrogen-bond acceptors (Lipinski definition) is 2. The maximum absolute atomic E-state index is 13.6. The Hall–Kier alpha value is -1.82. The molecule has 0 aliphatic carbocycles. The first kappa shape index (κ1) is 13.6. The molecule has 1 heterocycles. The first-order valence-electron chi connectivity index (χ1n) is 5.69. The summed E-state index contributed by atoms with van der Waals surface area (Å²) in [6.07, 6.45) is 0.0370. The maximum atomic E-state index is 13.6.